The first kappa shape index (κ1) is 15.7. The van der Waals surface area contributed by atoms with E-state index in [1.165, 1.54) is 0 Å². The summed E-state index contributed by atoms with van der Waals surface area (Å²) in [7, 11) is 2.14. The van der Waals surface area contributed by atoms with E-state index in [1.54, 1.807) is 0 Å². The van der Waals surface area contributed by atoms with E-state index in [-0.39, 0.29) is 11.9 Å². The van der Waals surface area contributed by atoms with Gasteiger partial charge in [0.15, 0.2) is 0 Å². The van der Waals surface area contributed by atoms with Gasteiger partial charge >= 0.3 is 0 Å². The number of carbonyl (C=O) groups excluding carboxylic acids is 1. The van der Waals surface area contributed by atoms with Gasteiger partial charge in [0.2, 0.25) is 0 Å². The molecule has 3 heterocycles. The number of fused-ring (bicyclic) bond motifs is 4. The fraction of sp³-hybridized carbons (Fsp3) is 0.526. The molecule has 5 heteroatoms. The normalized spacial score (nSPS) is 25.0. The molecule has 2 atom stereocenters. The van der Waals surface area contributed by atoms with Crippen LogP contribution in [0.3, 0.4) is 0 Å². The van der Waals surface area contributed by atoms with Gasteiger partial charge in [0.05, 0.1) is 19.3 Å². The average Bonchev–Trinajstić information content (AvgIpc) is 2.72. The van der Waals surface area contributed by atoms with Gasteiger partial charge in [0.1, 0.15) is 5.69 Å². The number of aromatic nitrogens is 1. The molecule has 128 valence electrons. The van der Waals surface area contributed by atoms with Crippen LogP contribution >= 0.6 is 0 Å². The van der Waals surface area contributed by atoms with Gasteiger partial charge < -0.3 is 19.5 Å². The topological polar surface area (TPSA) is 48.6 Å². The molecule has 1 aromatic carbocycles. The number of amides is 1. The first-order valence-corrected chi connectivity index (χ1v) is 8.84. The molecule has 4 rings (SSSR count). The van der Waals surface area contributed by atoms with Gasteiger partial charge in [-0.25, -0.2) is 0 Å². The second kappa shape index (κ2) is 6.22. The Morgan fingerprint density at radius 2 is 2.08 bits per heavy atom. The maximum atomic E-state index is 13.4. The molecule has 1 aromatic heterocycles. The van der Waals surface area contributed by atoms with Crippen LogP contribution in [0.2, 0.25) is 0 Å². The third kappa shape index (κ3) is 2.62. The van der Waals surface area contributed by atoms with Crippen molar-refractivity contribution in [2.75, 3.05) is 39.9 Å². The van der Waals surface area contributed by atoms with Crippen LogP contribution < -0.4 is 0 Å². The fourth-order valence-electron chi connectivity index (χ4n) is 4.22. The highest BCUT2D eigenvalue weighted by Crippen LogP contribution is 2.27. The van der Waals surface area contributed by atoms with Crippen molar-refractivity contribution in [1.29, 1.82) is 0 Å². The molecule has 5 nitrogen and oxygen atoms in total. The summed E-state index contributed by atoms with van der Waals surface area (Å²) in [6.07, 6.45) is 0.851. The Morgan fingerprint density at radius 3 is 2.92 bits per heavy atom. The van der Waals surface area contributed by atoms with Crippen LogP contribution in [-0.4, -0.2) is 66.6 Å². The van der Waals surface area contributed by atoms with E-state index in [0.717, 1.165) is 54.8 Å². The molecule has 2 aromatic rings. The molecule has 0 unspecified atom stereocenters. The largest absolute Gasteiger partial charge is 0.379 e. The van der Waals surface area contributed by atoms with Gasteiger partial charge in [-0.3, -0.25) is 4.79 Å². The maximum absolute atomic E-state index is 13.4. The number of rotatable bonds is 2. The van der Waals surface area contributed by atoms with Crippen molar-refractivity contribution in [2.45, 2.75) is 19.4 Å². The van der Waals surface area contributed by atoms with E-state index in [9.17, 15) is 4.79 Å². The number of ether oxygens (including phenoxy) is 1. The van der Waals surface area contributed by atoms with E-state index in [4.69, 9.17) is 4.74 Å². The summed E-state index contributed by atoms with van der Waals surface area (Å²) in [5.74, 6) is 0.514. The second-order valence-electron chi connectivity index (χ2n) is 7.11. The molecule has 1 N–H and O–H groups in total. The van der Waals surface area contributed by atoms with Crippen LogP contribution in [0.15, 0.2) is 24.3 Å². The molecule has 0 aliphatic carbocycles. The van der Waals surface area contributed by atoms with Crippen LogP contribution in [0.25, 0.3) is 10.9 Å². The van der Waals surface area contributed by atoms with Crippen molar-refractivity contribution < 1.29 is 9.53 Å². The SMILES string of the molecule is CCc1c(C(=O)N2C[C@H]3COC[C@@H]2CN(C)C3)[nH]c2ccccc12. The van der Waals surface area contributed by atoms with Gasteiger partial charge in [-0.1, -0.05) is 25.1 Å². The second-order valence-corrected chi connectivity index (χ2v) is 7.11. The highest BCUT2D eigenvalue weighted by Gasteiger charge is 2.36. The number of carbonyl (C=O) groups is 1. The van der Waals surface area contributed by atoms with Gasteiger partial charge in [-0.15, -0.1) is 0 Å². The van der Waals surface area contributed by atoms with Crippen molar-refractivity contribution in [3.8, 4) is 0 Å². The third-order valence-corrected chi connectivity index (χ3v) is 5.29. The van der Waals surface area contributed by atoms with E-state index in [1.807, 2.05) is 23.1 Å². The minimum atomic E-state index is 0.124. The average molecular weight is 327 g/mol. The summed E-state index contributed by atoms with van der Waals surface area (Å²) in [4.78, 5) is 21.1. The number of aromatic amines is 1. The Kier molecular flexibility index (Phi) is 4.06. The molecular formula is C19H25N3O2. The number of nitrogens with zero attached hydrogens (tertiary/aromatic N) is 2. The molecule has 2 aliphatic rings. The quantitative estimate of drug-likeness (QED) is 0.919. The predicted octanol–water partition coefficient (Wildman–Crippen LogP) is 2.13. The van der Waals surface area contributed by atoms with Gasteiger partial charge in [0.25, 0.3) is 5.91 Å². The lowest BCUT2D eigenvalue weighted by Gasteiger charge is -2.29. The van der Waals surface area contributed by atoms with Gasteiger partial charge in [-0.2, -0.15) is 0 Å². The monoisotopic (exact) mass is 327 g/mol. The number of H-pyrrole nitrogens is 1. The Bertz CT molecular complexity index is 754. The number of benzene rings is 1. The zero-order valence-corrected chi connectivity index (χ0v) is 14.4. The van der Waals surface area contributed by atoms with Gasteiger partial charge in [0, 0.05) is 36.5 Å². The van der Waals surface area contributed by atoms with Crippen LogP contribution in [0.5, 0.6) is 0 Å². The minimum absolute atomic E-state index is 0.124. The minimum Gasteiger partial charge on any atom is -0.379 e. The van der Waals surface area contributed by atoms with E-state index < -0.39 is 0 Å². The molecule has 0 spiro atoms. The number of aryl methyl sites for hydroxylation is 1. The number of para-hydroxylation sites is 1. The molecule has 0 saturated carbocycles. The van der Waals surface area contributed by atoms with Crippen LogP contribution in [0.1, 0.15) is 23.0 Å². The molecule has 2 aliphatic heterocycles. The lowest BCUT2D eigenvalue weighted by Crippen LogP contribution is -2.46. The molecule has 2 saturated heterocycles. The van der Waals surface area contributed by atoms with E-state index in [0.29, 0.717) is 12.5 Å². The first-order valence-electron chi connectivity index (χ1n) is 8.84. The number of nitrogens with one attached hydrogen (secondary N) is 1. The molecule has 2 fully saturated rings. The van der Waals surface area contributed by atoms with Crippen molar-refractivity contribution in [3.63, 3.8) is 0 Å². The smallest absolute Gasteiger partial charge is 0.270 e. The van der Waals surface area contributed by atoms with Crippen molar-refractivity contribution >= 4 is 16.8 Å². The number of likely N-dealkylation sites (N-methyl/N-ethyl adjacent to an activating group) is 1. The molecule has 0 radical (unpaired) electrons. The molecule has 1 amide bonds. The van der Waals surface area contributed by atoms with Crippen LogP contribution in [0.4, 0.5) is 0 Å². The lowest BCUT2D eigenvalue weighted by atomic mass is 10.1. The Hall–Kier alpha value is -1.85. The number of hydrogen-bond donors (Lipinski definition) is 1. The summed E-state index contributed by atoms with van der Waals surface area (Å²) in [5, 5.41) is 1.16. The zero-order chi connectivity index (χ0) is 16.7. The predicted molar refractivity (Wildman–Crippen MR) is 94.3 cm³/mol. The first-order chi connectivity index (χ1) is 11.7. The summed E-state index contributed by atoms with van der Waals surface area (Å²) < 4.78 is 5.81. The fourth-order valence-corrected chi connectivity index (χ4v) is 4.22. The Morgan fingerprint density at radius 1 is 1.25 bits per heavy atom. The Balaban J connectivity index is 1.73. The van der Waals surface area contributed by atoms with Crippen LogP contribution in [0, 0.1) is 5.92 Å². The van der Waals surface area contributed by atoms with Gasteiger partial charge in [-0.05, 0) is 25.1 Å². The summed E-state index contributed by atoms with van der Waals surface area (Å²) >= 11 is 0. The number of hydrogen-bond acceptors (Lipinski definition) is 3. The zero-order valence-electron chi connectivity index (χ0n) is 14.4. The maximum Gasteiger partial charge on any atom is 0.270 e. The Labute approximate surface area is 142 Å². The third-order valence-electron chi connectivity index (χ3n) is 5.29. The van der Waals surface area contributed by atoms with Crippen molar-refractivity contribution in [2.24, 2.45) is 5.92 Å². The highest BCUT2D eigenvalue weighted by molar-refractivity contribution is 6.01. The summed E-state index contributed by atoms with van der Waals surface area (Å²) in [6.45, 7) is 6.15. The molecular weight excluding hydrogens is 302 g/mol. The molecule has 2 bridgehead atoms. The molecule has 24 heavy (non-hydrogen) atoms. The lowest BCUT2D eigenvalue weighted by molar-refractivity contribution is 0.0480. The standard InChI is InChI=1S/C19H25N3O2/c1-3-15-16-6-4-5-7-17(16)20-18(15)19(23)22-9-13-8-21(2)10-14(22)12-24-11-13/h4-7,13-14,20H,3,8-12H2,1-2H3/t13-,14-/m0/s1. The summed E-state index contributed by atoms with van der Waals surface area (Å²) in [6, 6.07) is 8.31. The van der Waals surface area contributed by atoms with E-state index >= 15 is 0 Å². The highest BCUT2D eigenvalue weighted by atomic mass is 16.5. The van der Waals surface area contributed by atoms with E-state index in [2.05, 4.69) is 29.9 Å². The van der Waals surface area contributed by atoms with Crippen molar-refractivity contribution in [1.82, 2.24) is 14.8 Å². The van der Waals surface area contributed by atoms with Crippen molar-refractivity contribution in [3.05, 3.63) is 35.5 Å². The summed E-state index contributed by atoms with van der Waals surface area (Å²) in [5.41, 5.74) is 2.93. The van der Waals surface area contributed by atoms with Crippen LogP contribution in [-0.2, 0) is 11.2 Å².